The molecule has 6 aromatic rings. The topological polar surface area (TPSA) is 252 Å². The zero-order valence-electron chi connectivity index (χ0n) is 49.5. The maximum Gasteiger partial charge on any atom is 0.418 e. The lowest BCUT2D eigenvalue weighted by molar-refractivity contribution is -0.138. The van der Waals surface area contributed by atoms with E-state index in [4.69, 9.17) is 17.2 Å². The SMILES string of the molecule is C=C(F)c1ccc(N2CCN[C@@H](C)C2)nc1C(=O)c1cccnc1N.C=Cc1cnc(N)c(C(=O)c2nc(N3CCN[C@@H](CC(C)C)C3)ccc2C(F)(F)F)c1.CCc1cnc(N)c(C(=O)c2nc(N3CCN[C@@H](CC(C)C)C3)ccc2C(F)(F)F)c1.[HH].[HH].[HH].[HH].[HH].[HH]. The molecule has 476 valence electrons. The second-order valence-corrected chi connectivity index (χ2v) is 22.3. The molecular formula is C62H86F7N15O3. The summed E-state index contributed by atoms with van der Waals surface area (Å²) in [4.78, 5) is 69.6. The van der Waals surface area contributed by atoms with Gasteiger partial charge >= 0.3 is 12.4 Å². The fraction of sp³-hybridized carbons (Fsp3) is 0.403. The number of nitrogens with two attached hydrogens (primary N) is 3. The molecule has 3 atom stereocenters. The molecule has 9 heterocycles. The quantitative estimate of drug-likeness (QED) is 0.0389. The van der Waals surface area contributed by atoms with Gasteiger partial charge < -0.3 is 47.9 Å². The minimum Gasteiger partial charge on any atom is -0.383 e. The Labute approximate surface area is 510 Å². The number of rotatable bonds is 16. The number of halogens is 7. The number of nitrogens with zero attached hydrogens (tertiary/aromatic N) is 9. The first kappa shape index (κ1) is 66.1. The highest BCUT2D eigenvalue weighted by atomic mass is 19.4. The Morgan fingerprint density at radius 2 is 1.08 bits per heavy atom. The van der Waals surface area contributed by atoms with Crippen LogP contribution in [0, 0.1) is 11.8 Å². The minimum atomic E-state index is -4.74. The van der Waals surface area contributed by atoms with Crippen molar-refractivity contribution >= 4 is 64.2 Å². The van der Waals surface area contributed by atoms with Gasteiger partial charge in [-0.05, 0) is 110 Å². The van der Waals surface area contributed by atoms with Crippen LogP contribution in [-0.2, 0) is 18.8 Å². The number of anilines is 6. The number of piperazine rings is 3. The minimum absolute atomic E-state index is 0. The van der Waals surface area contributed by atoms with E-state index in [9.17, 15) is 45.1 Å². The lowest BCUT2D eigenvalue weighted by Gasteiger charge is -2.35. The van der Waals surface area contributed by atoms with E-state index in [2.05, 4.69) is 98.5 Å². The zero-order valence-corrected chi connectivity index (χ0v) is 49.5. The molecule has 9 N–H and O–H groups in total. The average Bonchev–Trinajstić information content (AvgIpc) is 0.809. The van der Waals surface area contributed by atoms with Gasteiger partial charge in [0.05, 0.1) is 27.8 Å². The van der Waals surface area contributed by atoms with E-state index < -0.39 is 58.0 Å². The number of hydrogen-bond acceptors (Lipinski definition) is 18. The Kier molecular flexibility index (Phi) is 21.9. The van der Waals surface area contributed by atoms with Crippen molar-refractivity contribution in [2.24, 2.45) is 11.8 Å². The van der Waals surface area contributed by atoms with Crippen LogP contribution in [0.25, 0.3) is 11.9 Å². The first-order chi connectivity index (χ1) is 41.2. The summed E-state index contributed by atoms with van der Waals surface area (Å²) in [6.45, 7) is 25.4. The van der Waals surface area contributed by atoms with Crippen molar-refractivity contribution in [1.29, 1.82) is 0 Å². The Morgan fingerprint density at radius 3 is 1.54 bits per heavy atom. The molecule has 6 aromatic heterocycles. The van der Waals surface area contributed by atoms with Crippen LogP contribution in [0.15, 0.2) is 92.4 Å². The number of aryl methyl sites for hydroxylation is 1. The van der Waals surface area contributed by atoms with Crippen molar-refractivity contribution in [3.05, 3.63) is 154 Å². The number of alkyl halides is 6. The summed E-state index contributed by atoms with van der Waals surface area (Å²) in [6.07, 6.45) is -1.18. The van der Waals surface area contributed by atoms with Gasteiger partial charge in [0.15, 0.2) is 0 Å². The third kappa shape index (κ3) is 17.0. The van der Waals surface area contributed by atoms with Crippen LogP contribution in [0.3, 0.4) is 0 Å². The molecule has 0 aromatic carbocycles. The summed E-state index contributed by atoms with van der Waals surface area (Å²) >= 11 is 0. The summed E-state index contributed by atoms with van der Waals surface area (Å²) in [5.41, 5.74) is 15.2. The smallest absolute Gasteiger partial charge is 0.383 e. The van der Waals surface area contributed by atoms with Gasteiger partial charge in [0.25, 0.3) is 0 Å². The van der Waals surface area contributed by atoms with Crippen molar-refractivity contribution in [3.8, 4) is 0 Å². The second-order valence-electron chi connectivity index (χ2n) is 22.3. The number of aromatic nitrogens is 6. The molecule has 3 saturated heterocycles. The first-order valence-electron chi connectivity index (χ1n) is 28.6. The van der Waals surface area contributed by atoms with E-state index >= 15 is 0 Å². The molecule has 0 spiro atoms. The molecular weight excluding hydrogens is 1140 g/mol. The van der Waals surface area contributed by atoms with Crippen molar-refractivity contribution in [2.75, 3.05) is 90.8 Å². The third-order valence-electron chi connectivity index (χ3n) is 14.7. The van der Waals surface area contributed by atoms with Gasteiger partial charge in [0.1, 0.15) is 57.8 Å². The normalized spacial score (nSPS) is 17.2. The predicted octanol–water partition coefficient (Wildman–Crippen LogP) is 11.0. The fourth-order valence-corrected chi connectivity index (χ4v) is 10.4. The molecule has 0 radical (unpaired) electrons. The largest absolute Gasteiger partial charge is 0.418 e. The van der Waals surface area contributed by atoms with Crippen LogP contribution in [-0.4, -0.2) is 124 Å². The third-order valence-corrected chi connectivity index (χ3v) is 14.7. The molecule has 0 unspecified atom stereocenters. The highest BCUT2D eigenvalue weighted by Gasteiger charge is 2.40. The van der Waals surface area contributed by atoms with Crippen molar-refractivity contribution in [2.45, 2.75) is 91.3 Å². The lowest BCUT2D eigenvalue weighted by atomic mass is 10.0. The summed E-state index contributed by atoms with van der Waals surface area (Å²) < 4.78 is 95.9. The van der Waals surface area contributed by atoms with E-state index in [-0.39, 0.29) is 66.0 Å². The van der Waals surface area contributed by atoms with Crippen LogP contribution >= 0.6 is 0 Å². The number of carbonyl (C=O) groups is 3. The molecule has 0 amide bonds. The van der Waals surface area contributed by atoms with Gasteiger partial charge in [0.2, 0.25) is 17.3 Å². The van der Waals surface area contributed by atoms with Crippen molar-refractivity contribution in [1.82, 2.24) is 45.9 Å². The molecule has 25 heteroatoms. The zero-order chi connectivity index (χ0) is 63.5. The van der Waals surface area contributed by atoms with Gasteiger partial charge in [-0.2, -0.15) is 26.3 Å². The Morgan fingerprint density at radius 1 is 0.632 bits per heavy atom. The molecule has 0 saturated carbocycles. The number of hydrogen-bond donors (Lipinski definition) is 6. The van der Waals surface area contributed by atoms with E-state index in [0.717, 1.165) is 44.6 Å². The summed E-state index contributed by atoms with van der Waals surface area (Å²) in [5, 5.41) is 10.2. The Balaban J connectivity index is 0.000000680. The number of nitrogen functional groups attached to an aromatic ring is 3. The Hall–Kier alpha value is -8.42. The molecule has 0 bridgehead atoms. The number of nitrogens with one attached hydrogen (secondary N) is 3. The molecule has 87 heavy (non-hydrogen) atoms. The monoisotopic (exact) mass is 1220 g/mol. The van der Waals surface area contributed by atoms with Crippen LogP contribution in [0.1, 0.15) is 139 Å². The maximum atomic E-state index is 13.8. The van der Waals surface area contributed by atoms with Crippen LogP contribution in [0.4, 0.5) is 65.6 Å². The lowest BCUT2D eigenvalue weighted by Crippen LogP contribution is -2.51. The van der Waals surface area contributed by atoms with E-state index in [1.165, 1.54) is 55.0 Å². The molecule has 9 rings (SSSR count). The number of pyridine rings is 6. The molecule has 0 aliphatic carbocycles. The standard InChI is InChI=1S/C22H28F3N5O.C22H26F3N5O.C18H20FN5O.6H2/c2*1-4-14-10-16(21(26)28-11-14)20(31)19-17(22(23,24)25)5-6-18(29-19)30-8-7-27-15(12-30)9-13(2)3;1-11-10-24(9-8-21-11)15-6-5-13(12(2)19)16(23-15)17(25)14-4-3-7-22-18(14)20;;;;;;/h5-6,10-11,13,15,27H,4,7-9,12H2,1-3H3,(H2,26,28);4-6,10-11,13,15,27H,1,7-9,12H2,2-3H3,(H2,26,28);3-7,11,21H,2,8-10H2,1H3,(H2,20,22);6*1H/t2*15-;11-;;;;;;/m000....../s1. The van der Waals surface area contributed by atoms with E-state index in [0.29, 0.717) is 92.1 Å². The fourth-order valence-electron chi connectivity index (χ4n) is 10.4. The summed E-state index contributed by atoms with van der Waals surface area (Å²) in [6, 6.07) is 14.5. The van der Waals surface area contributed by atoms with Gasteiger partial charge in [0, 0.05) is 110 Å². The molecule has 3 aliphatic heterocycles. The second kappa shape index (κ2) is 28.8. The summed E-state index contributed by atoms with van der Waals surface area (Å²) in [7, 11) is 0. The molecule has 18 nitrogen and oxygen atoms in total. The Bertz CT molecular complexity index is 3480. The van der Waals surface area contributed by atoms with Crippen LogP contribution in [0.5, 0.6) is 0 Å². The van der Waals surface area contributed by atoms with E-state index in [1.54, 1.807) is 18.2 Å². The van der Waals surface area contributed by atoms with Gasteiger partial charge in [-0.25, -0.2) is 34.3 Å². The van der Waals surface area contributed by atoms with Crippen molar-refractivity contribution < 1.29 is 53.7 Å². The highest BCUT2D eigenvalue weighted by molar-refractivity contribution is 6.13. The molecule has 3 fully saturated rings. The van der Waals surface area contributed by atoms with Crippen molar-refractivity contribution in [3.63, 3.8) is 0 Å². The van der Waals surface area contributed by atoms with Crippen LogP contribution < -0.4 is 47.9 Å². The predicted molar refractivity (Wildman–Crippen MR) is 338 cm³/mol. The highest BCUT2D eigenvalue weighted by Crippen LogP contribution is 2.37. The summed E-state index contributed by atoms with van der Waals surface area (Å²) in [5.74, 6) is -0.878. The number of carbonyl (C=O) groups excluding carboxylic acids is 3. The average molecular weight is 1220 g/mol. The van der Waals surface area contributed by atoms with Gasteiger partial charge in [-0.3, -0.25) is 14.4 Å². The molecule has 3 aliphatic rings. The number of ketones is 3. The van der Waals surface area contributed by atoms with Gasteiger partial charge in [-0.15, -0.1) is 0 Å². The van der Waals surface area contributed by atoms with E-state index in [1.807, 2.05) is 16.7 Å². The van der Waals surface area contributed by atoms with Gasteiger partial charge in [-0.1, -0.05) is 53.9 Å². The van der Waals surface area contributed by atoms with Crippen LogP contribution in [0.2, 0.25) is 0 Å². The first-order valence-corrected chi connectivity index (χ1v) is 28.6. The maximum absolute atomic E-state index is 13.8.